The van der Waals surface area contributed by atoms with Crippen molar-refractivity contribution >= 4 is 28.5 Å². The molecule has 0 bridgehead atoms. The van der Waals surface area contributed by atoms with Crippen LogP contribution in [0, 0.1) is 12.3 Å². The van der Waals surface area contributed by atoms with Gasteiger partial charge in [0.15, 0.2) is 22.8 Å². The summed E-state index contributed by atoms with van der Waals surface area (Å²) in [4.78, 5) is 18.9. The average molecular weight is 393 g/mol. The van der Waals surface area contributed by atoms with E-state index in [0.717, 1.165) is 91.7 Å². The fourth-order valence-corrected chi connectivity index (χ4v) is 4.47. The number of nitrogens with zero attached hydrogens (tertiary/aromatic N) is 6. The summed E-state index contributed by atoms with van der Waals surface area (Å²) in [6, 6.07) is 4.09. The molecule has 0 aliphatic carbocycles. The third-order valence-corrected chi connectivity index (χ3v) is 6.50. The molecule has 0 amide bonds. The van der Waals surface area contributed by atoms with Crippen molar-refractivity contribution in [3.8, 4) is 0 Å². The van der Waals surface area contributed by atoms with Crippen molar-refractivity contribution in [1.82, 2.24) is 25.1 Å². The van der Waals surface area contributed by atoms with E-state index in [1.807, 2.05) is 19.2 Å². The van der Waals surface area contributed by atoms with E-state index < -0.39 is 0 Å². The van der Waals surface area contributed by atoms with Crippen molar-refractivity contribution in [3.63, 3.8) is 0 Å². The normalized spacial score (nSPS) is 18.9. The number of aromatic nitrogens is 5. The number of piperidine rings is 1. The van der Waals surface area contributed by atoms with Crippen LogP contribution in [0.25, 0.3) is 11.2 Å². The molecule has 1 saturated heterocycles. The maximum atomic E-state index is 5.96. The Morgan fingerprint density at radius 2 is 2.00 bits per heavy atom. The highest BCUT2D eigenvalue weighted by atomic mass is 15.3. The standard InChI is InChI=1S/C21H28N8/c1-14-19(28-11-7-21(2,13-22)8-12-28)25-18-17(24-14)20(27-26-18)29-10-4-5-15-16(29)6-3-9-23-15/h3,6,9H,4-5,7-8,10-13,22H2,1-2H3,(H,25,26,27). The molecule has 0 unspecified atom stereocenters. The van der Waals surface area contributed by atoms with Gasteiger partial charge >= 0.3 is 0 Å². The second-order valence-corrected chi connectivity index (χ2v) is 8.60. The second kappa shape index (κ2) is 6.95. The van der Waals surface area contributed by atoms with Crippen molar-refractivity contribution in [3.05, 3.63) is 29.7 Å². The molecule has 0 atom stereocenters. The fourth-order valence-electron chi connectivity index (χ4n) is 4.47. The molecule has 5 heterocycles. The molecule has 8 nitrogen and oxygen atoms in total. The van der Waals surface area contributed by atoms with E-state index in [4.69, 9.17) is 15.7 Å². The Labute approximate surface area is 170 Å². The number of rotatable bonds is 3. The molecule has 5 rings (SSSR count). The average Bonchev–Trinajstić information content (AvgIpc) is 3.16. The SMILES string of the molecule is Cc1nc2c(N3CCCc4ncccc43)n[nH]c2nc1N1CCC(C)(CN)CC1. The topological polar surface area (TPSA) is 99.8 Å². The molecule has 2 aliphatic rings. The van der Waals surface area contributed by atoms with Gasteiger partial charge in [0, 0.05) is 25.8 Å². The van der Waals surface area contributed by atoms with Gasteiger partial charge in [-0.2, -0.15) is 5.10 Å². The molecule has 0 saturated carbocycles. The van der Waals surface area contributed by atoms with Gasteiger partial charge in [0.25, 0.3) is 0 Å². The number of anilines is 3. The molecule has 3 aromatic heterocycles. The van der Waals surface area contributed by atoms with Crippen molar-refractivity contribution in [2.24, 2.45) is 11.1 Å². The van der Waals surface area contributed by atoms with Crippen LogP contribution in [-0.2, 0) is 6.42 Å². The lowest BCUT2D eigenvalue weighted by Crippen LogP contribution is -2.42. The number of fused-ring (bicyclic) bond motifs is 2. The lowest BCUT2D eigenvalue weighted by atomic mass is 9.80. The van der Waals surface area contributed by atoms with Gasteiger partial charge in [-0.1, -0.05) is 6.92 Å². The predicted molar refractivity (Wildman–Crippen MR) is 115 cm³/mol. The zero-order valence-corrected chi connectivity index (χ0v) is 17.1. The van der Waals surface area contributed by atoms with E-state index in [-0.39, 0.29) is 5.41 Å². The number of hydrogen-bond acceptors (Lipinski definition) is 7. The molecule has 3 aromatic rings. The Morgan fingerprint density at radius 1 is 1.17 bits per heavy atom. The Morgan fingerprint density at radius 3 is 2.79 bits per heavy atom. The molecule has 152 valence electrons. The van der Waals surface area contributed by atoms with Crippen LogP contribution in [0.4, 0.5) is 17.3 Å². The van der Waals surface area contributed by atoms with Gasteiger partial charge in [-0.15, -0.1) is 0 Å². The number of nitrogens with one attached hydrogen (secondary N) is 1. The molecule has 1 fully saturated rings. The lowest BCUT2D eigenvalue weighted by Gasteiger charge is -2.39. The molecule has 0 aromatic carbocycles. The monoisotopic (exact) mass is 392 g/mol. The van der Waals surface area contributed by atoms with E-state index in [0.29, 0.717) is 0 Å². The van der Waals surface area contributed by atoms with Crippen LogP contribution in [0.15, 0.2) is 18.3 Å². The minimum Gasteiger partial charge on any atom is -0.355 e. The van der Waals surface area contributed by atoms with Crippen LogP contribution in [0.5, 0.6) is 0 Å². The minimum atomic E-state index is 0.235. The smallest absolute Gasteiger partial charge is 0.183 e. The van der Waals surface area contributed by atoms with Gasteiger partial charge < -0.3 is 15.5 Å². The molecule has 3 N–H and O–H groups in total. The zero-order chi connectivity index (χ0) is 20.0. The number of aromatic amines is 1. The summed E-state index contributed by atoms with van der Waals surface area (Å²) in [5.74, 6) is 1.79. The quantitative estimate of drug-likeness (QED) is 0.707. The van der Waals surface area contributed by atoms with E-state index in [9.17, 15) is 0 Å². The molecule has 8 heteroatoms. The van der Waals surface area contributed by atoms with Crippen LogP contribution in [-0.4, -0.2) is 51.3 Å². The van der Waals surface area contributed by atoms with Gasteiger partial charge in [0.05, 0.1) is 17.1 Å². The molecule has 0 spiro atoms. The number of nitrogens with two attached hydrogens (primary N) is 1. The second-order valence-electron chi connectivity index (χ2n) is 8.60. The summed E-state index contributed by atoms with van der Waals surface area (Å²) in [5, 5.41) is 7.71. The van der Waals surface area contributed by atoms with Gasteiger partial charge in [-0.3, -0.25) is 10.1 Å². The number of aryl methyl sites for hydroxylation is 2. The van der Waals surface area contributed by atoms with E-state index in [2.05, 4.69) is 38.0 Å². The van der Waals surface area contributed by atoms with E-state index in [1.54, 1.807) is 0 Å². The largest absolute Gasteiger partial charge is 0.355 e. The first-order valence-electron chi connectivity index (χ1n) is 10.5. The van der Waals surface area contributed by atoms with Crippen LogP contribution in [0.1, 0.15) is 37.6 Å². The zero-order valence-electron chi connectivity index (χ0n) is 17.1. The summed E-state index contributed by atoms with van der Waals surface area (Å²) in [5.41, 5.74) is 10.9. The van der Waals surface area contributed by atoms with Gasteiger partial charge in [-0.05, 0) is 56.7 Å². The van der Waals surface area contributed by atoms with E-state index >= 15 is 0 Å². The predicted octanol–water partition coefficient (Wildman–Crippen LogP) is 2.71. The van der Waals surface area contributed by atoms with Gasteiger partial charge in [-0.25, -0.2) is 9.97 Å². The van der Waals surface area contributed by atoms with Crippen molar-refractivity contribution < 1.29 is 0 Å². The highest BCUT2D eigenvalue weighted by molar-refractivity contribution is 5.88. The Hall–Kier alpha value is -2.74. The van der Waals surface area contributed by atoms with Crippen LogP contribution >= 0.6 is 0 Å². The maximum Gasteiger partial charge on any atom is 0.183 e. The summed E-state index contributed by atoms with van der Waals surface area (Å²) in [6.07, 6.45) is 6.06. The molecular weight excluding hydrogens is 364 g/mol. The Kier molecular flexibility index (Phi) is 4.38. The maximum absolute atomic E-state index is 5.96. The van der Waals surface area contributed by atoms with Crippen molar-refractivity contribution in [1.29, 1.82) is 0 Å². The van der Waals surface area contributed by atoms with Crippen LogP contribution in [0.2, 0.25) is 0 Å². The molecule has 2 aliphatic heterocycles. The highest BCUT2D eigenvalue weighted by Crippen LogP contribution is 2.36. The molecular formula is C21H28N8. The molecule has 29 heavy (non-hydrogen) atoms. The minimum absolute atomic E-state index is 0.235. The van der Waals surface area contributed by atoms with Gasteiger partial charge in [0.1, 0.15) is 0 Å². The highest BCUT2D eigenvalue weighted by Gasteiger charge is 2.31. The fraction of sp³-hybridized carbons (Fsp3) is 0.524. The lowest BCUT2D eigenvalue weighted by molar-refractivity contribution is 0.258. The first-order valence-corrected chi connectivity index (χ1v) is 10.5. The number of hydrogen-bond donors (Lipinski definition) is 2. The summed E-state index contributed by atoms with van der Waals surface area (Å²) >= 11 is 0. The number of pyridine rings is 1. The van der Waals surface area contributed by atoms with Crippen LogP contribution < -0.4 is 15.5 Å². The third kappa shape index (κ3) is 3.11. The van der Waals surface area contributed by atoms with Crippen molar-refractivity contribution in [2.75, 3.05) is 36.0 Å². The first kappa shape index (κ1) is 18.3. The number of H-pyrrole nitrogens is 1. The summed E-state index contributed by atoms with van der Waals surface area (Å²) in [7, 11) is 0. The van der Waals surface area contributed by atoms with Crippen molar-refractivity contribution in [2.45, 2.75) is 39.5 Å². The Bertz CT molecular complexity index is 1030. The Balaban J connectivity index is 1.49. The van der Waals surface area contributed by atoms with Gasteiger partial charge in [0.2, 0.25) is 0 Å². The third-order valence-electron chi connectivity index (χ3n) is 6.50. The van der Waals surface area contributed by atoms with Crippen LogP contribution in [0.3, 0.4) is 0 Å². The first-order chi connectivity index (χ1) is 14.1. The summed E-state index contributed by atoms with van der Waals surface area (Å²) in [6.45, 7) is 7.88. The van der Waals surface area contributed by atoms with E-state index in [1.165, 1.54) is 0 Å². The summed E-state index contributed by atoms with van der Waals surface area (Å²) < 4.78 is 0. The molecule has 0 radical (unpaired) electrons.